The van der Waals surface area contributed by atoms with Crippen LogP contribution in [-0.2, 0) is 14.3 Å². The lowest BCUT2D eigenvalue weighted by Crippen LogP contribution is -2.52. The molecule has 0 aromatic heterocycles. The van der Waals surface area contributed by atoms with Crippen molar-refractivity contribution in [1.82, 2.24) is 10.6 Å². The molecule has 0 spiro atoms. The third-order valence-corrected chi connectivity index (χ3v) is 2.73. The molecule has 0 saturated carbocycles. The molecule has 5 heteroatoms. The smallest absolute Gasteiger partial charge is 0.236 e. The van der Waals surface area contributed by atoms with E-state index in [0.29, 0.717) is 13.2 Å². The molecule has 0 aromatic carbocycles. The van der Waals surface area contributed by atoms with Gasteiger partial charge in [0, 0.05) is 25.6 Å². The van der Waals surface area contributed by atoms with Crippen LogP contribution in [0.4, 0.5) is 0 Å². The summed E-state index contributed by atoms with van der Waals surface area (Å²) in [6, 6.07) is -0.172. The summed E-state index contributed by atoms with van der Waals surface area (Å²) in [6.07, 6.45) is 0. The Morgan fingerprint density at radius 2 is 2.25 bits per heavy atom. The van der Waals surface area contributed by atoms with Gasteiger partial charge in [0.05, 0.1) is 25.9 Å². The monoisotopic (exact) mass is 230 g/mol. The second kappa shape index (κ2) is 6.18. The van der Waals surface area contributed by atoms with Crippen molar-refractivity contribution >= 4 is 5.91 Å². The lowest BCUT2D eigenvalue weighted by Gasteiger charge is -2.38. The second-order valence-corrected chi connectivity index (χ2v) is 4.69. The van der Waals surface area contributed by atoms with Crippen LogP contribution in [0.25, 0.3) is 0 Å². The van der Waals surface area contributed by atoms with E-state index in [2.05, 4.69) is 17.6 Å². The Morgan fingerprint density at radius 3 is 2.75 bits per heavy atom. The van der Waals surface area contributed by atoms with Crippen LogP contribution >= 0.6 is 0 Å². The van der Waals surface area contributed by atoms with Gasteiger partial charge in [0.2, 0.25) is 5.91 Å². The highest BCUT2D eigenvalue weighted by atomic mass is 16.5. The summed E-state index contributed by atoms with van der Waals surface area (Å²) in [5.41, 5.74) is 0.196. The predicted molar refractivity (Wildman–Crippen MR) is 61.3 cm³/mol. The first kappa shape index (κ1) is 13.4. The molecule has 1 aliphatic heterocycles. The van der Waals surface area contributed by atoms with E-state index < -0.39 is 0 Å². The van der Waals surface area contributed by atoms with E-state index in [1.807, 2.05) is 6.92 Å². The Labute approximate surface area is 96.9 Å². The van der Waals surface area contributed by atoms with E-state index in [9.17, 15) is 4.79 Å². The summed E-state index contributed by atoms with van der Waals surface area (Å²) < 4.78 is 10.0. The summed E-state index contributed by atoms with van der Waals surface area (Å²) in [4.78, 5) is 11.6. The number of amides is 1. The number of methoxy groups -OCH3 is 1. The van der Waals surface area contributed by atoms with Crippen LogP contribution in [-0.4, -0.2) is 52.0 Å². The number of hydrogen-bond donors (Lipinski definition) is 2. The van der Waals surface area contributed by atoms with Crippen LogP contribution in [0.15, 0.2) is 0 Å². The van der Waals surface area contributed by atoms with Gasteiger partial charge in [-0.05, 0) is 6.92 Å². The normalized spacial score (nSPS) is 19.9. The number of carbonyl (C=O) groups is 1. The molecule has 1 heterocycles. The zero-order valence-corrected chi connectivity index (χ0v) is 10.3. The van der Waals surface area contributed by atoms with E-state index in [1.54, 1.807) is 7.11 Å². The van der Waals surface area contributed by atoms with E-state index >= 15 is 0 Å². The van der Waals surface area contributed by atoms with Gasteiger partial charge < -0.3 is 20.1 Å². The third kappa shape index (κ3) is 4.08. The standard InChI is InChI=1S/C11H22N2O3/c1-9(10(14)12-4-5-15-3)13-6-11(2)7-16-8-11/h9,13H,4-8H2,1-3H3,(H,12,14). The topological polar surface area (TPSA) is 59.6 Å². The van der Waals surface area contributed by atoms with Crippen LogP contribution in [0.1, 0.15) is 13.8 Å². The fourth-order valence-corrected chi connectivity index (χ4v) is 1.47. The molecule has 16 heavy (non-hydrogen) atoms. The molecule has 1 rings (SSSR count). The molecule has 0 bridgehead atoms. The highest BCUT2D eigenvalue weighted by molar-refractivity contribution is 5.81. The maximum absolute atomic E-state index is 11.6. The van der Waals surface area contributed by atoms with Gasteiger partial charge in [-0.3, -0.25) is 4.79 Å². The Kier molecular flexibility index (Phi) is 5.18. The number of hydrogen-bond acceptors (Lipinski definition) is 4. The minimum Gasteiger partial charge on any atom is -0.383 e. The van der Waals surface area contributed by atoms with Crippen molar-refractivity contribution in [1.29, 1.82) is 0 Å². The molecule has 2 N–H and O–H groups in total. The summed E-state index contributed by atoms with van der Waals surface area (Å²) in [6.45, 7) is 7.48. The van der Waals surface area contributed by atoms with Gasteiger partial charge in [0.15, 0.2) is 0 Å². The van der Waals surface area contributed by atoms with Gasteiger partial charge in [0.25, 0.3) is 0 Å². The summed E-state index contributed by atoms with van der Waals surface area (Å²) >= 11 is 0. The van der Waals surface area contributed by atoms with Crippen LogP contribution in [0.2, 0.25) is 0 Å². The Hall–Kier alpha value is -0.650. The first-order valence-corrected chi connectivity index (χ1v) is 5.65. The van der Waals surface area contributed by atoms with Crippen molar-refractivity contribution in [3.8, 4) is 0 Å². The summed E-state index contributed by atoms with van der Waals surface area (Å²) in [7, 11) is 1.62. The van der Waals surface area contributed by atoms with Crippen molar-refractivity contribution in [2.24, 2.45) is 5.41 Å². The molecular weight excluding hydrogens is 208 g/mol. The minimum absolute atomic E-state index is 0.0147. The molecule has 5 nitrogen and oxygen atoms in total. The molecule has 1 atom stereocenters. The average Bonchev–Trinajstić information content (AvgIpc) is 2.23. The van der Waals surface area contributed by atoms with Crippen LogP contribution in [0, 0.1) is 5.41 Å². The Morgan fingerprint density at radius 1 is 1.56 bits per heavy atom. The molecule has 1 amide bonds. The molecule has 0 aliphatic carbocycles. The van der Waals surface area contributed by atoms with Crippen molar-refractivity contribution in [3.63, 3.8) is 0 Å². The fraction of sp³-hybridized carbons (Fsp3) is 0.909. The molecule has 94 valence electrons. The number of rotatable bonds is 7. The van der Waals surface area contributed by atoms with Crippen molar-refractivity contribution in [2.45, 2.75) is 19.9 Å². The van der Waals surface area contributed by atoms with Crippen LogP contribution in [0.3, 0.4) is 0 Å². The fourth-order valence-electron chi connectivity index (χ4n) is 1.47. The van der Waals surface area contributed by atoms with Crippen molar-refractivity contribution in [3.05, 3.63) is 0 Å². The van der Waals surface area contributed by atoms with Crippen LogP contribution < -0.4 is 10.6 Å². The van der Waals surface area contributed by atoms with Crippen molar-refractivity contribution in [2.75, 3.05) is 40.0 Å². The lowest BCUT2D eigenvalue weighted by molar-refractivity contribution is -0.124. The maximum atomic E-state index is 11.6. The molecule has 1 fully saturated rings. The van der Waals surface area contributed by atoms with Gasteiger partial charge in [-0.25, -0.2) is 0 Å². The predicted octanol–water partition coefficient (Wildman–Crippen LogP) is -0.236. The minimum atomic E-state index is -0.172. The summed E-state index contributed by atoms with van der Waals surface area (Å²) in [5.74, 6) is 0.0147. The zero-order chi connectivity index (χ0) is 12.0. The van der Waals surface area contributed by atoms with Gasteiger partial charge in [-0.15, -0.1) is 0 Å². The molecule has 1 saturated heterocycles. The zero-order valence-electron chi connectivity index (χ0n) is 10.3. The molecule has 0 radical (unpaired) electrons. The number of carbonyl (C=O) groups excluding carboxylic acids is 1. The first-order valence-electron chi connectivity index (χ1n) is 5.65. The second-order valence-electron chi connectivity index (χ2n) is 4.69. The first-order chi connectivity index (χ1) is 7.57. The maximum Gasteiger partial charge on any atom is 0.236 e. The highest BCUT2D eigenvalue weighted by Gasteiger charge is 2.33. The quantitative estimate of drug-likeness (QED) is 0.593. The number of nitrogens with one attached hydrogen (secondary N) is 2. The lowest BCUT2D eigenvalue weighted by atomic mass is 9.88. The van der Waals surface area contributed by atoms with Gasteiger partial charge in [0.1, 0.15) is 0 Å². The van der Waals surface area contributed by atoms with E-state index in [0.717, 1.165) is 19.8 Å². The van der Waals surface area contributed by atoms with Gasteiger partial charge >= 0.3 is 0 Å². The molecule has 1 unspecified atom stereocenters. The van der Waals surface area contributed by atoms with Crippen molar-refractivity contribution < 1.29 is 14.3 Å². The molecular formula is C11H22N2O3. The molecule has 0 aromatic rings. The SMILES string of the molecule is COCCNC(=O)C(C)NCC1(C)COC1. The third-order valence-electron chi connectivity index (χ3n) is 2.73. The average molecular weight is 230 g/mol. The Balaban J connectivity index is 2.13. The van der Waals surface area contributed by atoms with Crippen LogP contribution in [0.5, 0.6) is 0 Å². The molecule has 1 aliphatic rings. The van der Waals surface area contributed by atoms with Gasteiger partial charge in [-0.2, -0.15) is 0 Å². The van der Waals surface area contributed by atoms with E-state index in [-0.39, 0.29) is 17.4 Å². The highest BCUT2D eigenvalue weighted by Crippen LogP contribution is 2.25. The summed E-state index contributed by atoms with van der Waals surface area (Å²) in [5, 5.41) is 6.02. The number of ether oxygens (including phenoxy) is 2. The van der Waals surface area contributed by atoms with E-state index in [4.69, 9.17) is 9.47 Å². The van der Waals surface area contributed by atoms with Gasteiger partial charge in [-0.1, -0.05) is 6.92 Å². The largest absolute Gasteiger partial charge is 0.383 e. The Bertz CT molecular complexity index is 229. The van der Waals surface area contributed by atoms with E-state index in [1.165, 1.54) is 0 Å².